The molecule has 1 unspecified atom stereocenters. The predicted molar refractivity (Wildman–Crippen MR) is 87.5 cm³/mol. The first-order valence-corrected chi connectivity index (χ1v) is 8.86. The van der Waals surface area contributed by atoms with E-state index < -0.39 is 0 Å². The highest BCUT2D eigenvalue weighted by atomic mass is 16.5. The Morgan fingerprint density at radius 3 is 2.77 bits per heavy atom. The summed E-state index contributed by atoms with van der Waals surface area (Å²) in [5.74, 6) is 0.292. The molecular formula is C18H30N2O2. The first-order chi connectivity index (χ1) is 10.4. The number of hydrogen-bond donors (Lipinski definition) is 0. The quantitative estimate of drug-likeness (QED) is 0.800. The number of carbonyl (C=O) groups excluding carboxylic acids is 1. The van der Waals surface area contributed by atoms with E-state index >= 15 is 0 Å². The minimum atomic E-state index is -0.160. The van der Waals surface area contributed by atoms with Crippen LogP contribution in [0.4, 0.5) is 0 Å². The van der Waals surface area contributed by atoms with E-state index in [-0.39, 0.29) is 11.7 Å². The zero-order valence-electron chi connectivity index (χ0n) is 14.3. The van der Waals surface area contributed by atoms with Gasteiger partial charge in [0.15, 0.2) is 0 Å². The Balaban J connectivity index is 1.65. The average Bonchev–Trinajstić information content (AvgIpc) is 3.22. The molecule has 0 radical (unpaired) electrons. The fourth-order valence-electron chi connectivity index (χ4n) is 3.94. The monoisotopic (exact) mass is 306 g/mol. The van der Waals surface area contributed by atoms with E-state index in [0.29, 0.717) is 18.5 Å². The minimum absolute atomic E-state index is 0.160. The molecule has 1 atom stereocenters. The smallest absolute Gasteiger partial charge is 0.241 e. The van der Waals surface area contributed by atoms with Crippen LogP contribution in [-0.2, 0) is 9.53 Å². The molecule has 124 valence electrons. The summed E-state index contributed by atoms with van der Waals surface area (Å²) in [6.45, 7) is 8.55. The molecule has 0 aromatic rings. The van der Waals surface area contributed by atoms with E-state index in [0.717, 1.165) is 25.9 Å². The maximum Gasteiger partial charge on any atom is 0.241 e. The van der Waals surface area contributed by atoms with Crippen LogP contribution < -0.4 is 0 Å². The van der Waals surface area contributed by atoms with Gasteiger partial charge in [-0.3, -0.25) is 9.69 Å². The second-order valence-corrected chi connectivity index (χ2v) is 7.79. The van der Waals surface area contributed by atoms with Gasteiger partial charge in [0.25, 0.3) is 0 Å². The van der Waals surface area contributed by atoms with Crippen LogP contribution in [0.15, 0.2) is 11.8 Å². The maximum absolute atomic E-state index is 12.9. The van der Waals surface area contributed by atoms with E-state index in [1.807, 2.05) is 0 Å². The summed E-state index contributed by atoms with van der Waals surface area (Å²) >= 11 is 0. The van der Waals surface area contributed by atoms with Gasteiger partial charge < -0.3 is 9.64 Å². The molecule has 4 heteroatoms. The number of carbonyl (C=O) groups is 1. The Hall–Kier alpha value is -0.870. The van der Waals surface area contributed by atoms with Gasteiger partial charge >= 0.3 is 0 Å². The van der Waals surface area contributed by atoms with Crippen LogP contribution in [-0.4, -0.2) is 53.1 Å². The van der Waals surface area contributed by atoms with Gasteiger partial charge in [0.05, 0.1) is 18.2 Å². The highest BCUT2D eigenvalue weighted by molar-refractivity contribution is 5.81. The van der Waals surface area contributed by atoms with Gasteiger partial charge in [-0.1, -0.05) is 6.08 Å². The lowest BCUT2D eigenvalue weighted by molar-refractivity contribution is -0.144. The van der Waals surface area contributed by atoms with Crippen molar-refractivity contribution in [3.8, 4) is 0 Å². The number of rotatable bonds is 4. The zero-order valence-corrected chi connectivity index (χ0v) is 14.3. The van der Waals surface area contributed by atoms with Gasteiger partial charge in [-0.15, -0.1) is 0 Å². The van der Waals surface area contributed by atoms with Crippen LogP contribution in [0, 0.1) is 0 Å². The normalized spacial score (nSPS) is 29.0. The molecule has 0 aromatic heterocycles. The molecule has 3 rings (SSSR count). The lowest BCUT2D eigenvalue weighted by Gasteiger charge is -2.42. The molecule has 1 amide bonds. The van der Waals surface area contributed by atoms with Crippen LogP contribution in [0.25, 0.3) is 0 Å². The van der Waals surface area contributed by atoms with Gasteiger partial charge in [-0.25, -0.2) is 0 Å². The highest BCUT2D eigenvalue weighted by Crippen LogP contribution is 2.34. The molecule has 22 heavy (non-hydrogen) atoms. The summed E-state index contributed by atoms with van der Waals surface area (Å²) < 4.78 is 5.94. The molecule has 1 aliphatic heterocycles. The second-order valence-electron chi connectivity index (χ2n) is 7.79. The van der Waals surface area contributed by atoms with Crippen molar-refractivity contribution < 1.29 is 9.53 Å². The fraction of sp³-hybridized carbons (Fsp3) is 0.833. The van der Waals surface area contributed by atoms with Crippen LogP contribution in [0.2, 0.25) is 0 Å². The molecule has 1 saturated carbocycles. The van der Waals surface area contributed by atoms with E-state index in [1.54, 1.807) is 0 Å². The standard InChI is InChI=1S/C18H30N2O2/c1-14-11-19(13-18(2,3)22-14)12-17(21)20(16-9-10-16)15-7-5-4-6-8-15/h7,14,16H,4-6,8-13H2,1-3H3. The molecule has 2 aliphatic carbocycles. The number of amides is 1. The van der Waals surface area contributed by atoms with Crippen LogP contribution in [0.3, 0.4) is 0 Å². The number of ether oxygens (including phenoxy) is 1. The van der Waals surface area contributed by atoms with Gasteiger partial charge in [0, 0.05) is 24.8 Å². The van der Waals surface area contributed by atoms with Crippen molar-refractivity contribution >= 4 is 5.91 Å². The molecule has 4 nitrogen and oxygen atoms in total. The number of nitrogens with zero attached hydrogens (tertiary/aromatic N) is 2. The fourth-order valence-corrected chi connectivity index (χ4v) is 3.94. The molecule has 0 aromatic carbocycles. The van der Waals surface area contributed by atoms with Crippen molar-refractivity contribution in [3.63, 3.8) is 0 Å². The van der Waals surface area contributed by atoms with Crippen LogP contribution >= 0.6 is 0 Å². The third-order valence-electron chi connectivity index (χ3n) is 4.76. The van der Waals surface area contributed by atoms with Crippen molar-refractivity contribution in [3.05, 3.63) is 11.8 Å². The number of morpholine rings is 1. The van der Waals surface area contributed by atoms with Crippen molar-refractivity contribution in [1.82, 2.24) is 9.80 Å². The van der Waals surface area contributed by atoms with Crippen molar-refractivity contribution in [2.75, 3.05) is 19.6 Å². The molecule has 3 aliphatic rings. The van der Waals surface area contributed by atoms with E-state index in [2.05, 4.69) is 36.6 Å². The molecule has 1 saturated heterocycles. The Labute approximate surface area is 134 Å². The van der Waals surface area contributed by atoms with E-state index in [1.165, 1.54) is 31.4 Å². The van der Waals surface area contributed by atoms with Gasteiger partial charge in [-0.05, 0) is 59.3 Å². The first-order valence-electron chi connectivity index (χ1n) is 8.86. The molecule has 0 N–H and O–H groups in total. The summed E-state index contributed by atoms with van der Waals surface area (Å²) in [5, 5.41) is 0. The molecule has 2 fully saturated rings. The first kappa shape index (κ1) is 16.0. The second kappa shape index (κ2) is 6.32. The summed E-state index contributed by atoms with van der Waals surface area (Å²) in [4.78, 5) is 17.3. The van der Waals surface area contributed by atoms with Crippen molar-refractivity contribution in [2.24, 2.45) is 0 Å². The van der Waals surface area contributed by atoms with Gasteiger partial charge in [-0.2, -0.15) is 0 Å². The molecule has 0 bridgehead atoms. The Morgan fingerprint density at radius 1 is 1.41 bits per heavy atom. The van der Waals surface area contributed by atoms with Gasteiger partial charge in [0.2, 0.25) is 5.91 Å². The lowest BCUT2D eigenvalue weighted by Crippen LogP contribution is -2.54. The zero-order chi connectivity index (χ0) is 15.7. The average molecular weight is 306 g/mol. The largest absolute Gasteiger partial charge is 0.370 e. The summed E-state index contributed by atoms with van der Waals surface area (Å²) in [5.41, 5.74) is 1.13. The third kappa shape index (κ3) is 3.90. The SMILES string of the molecule is CC1CN(CC(=O)N(C2=CCCCC2)C2CC2)CC(C)(C)O1. The van der Waals surface area contributed by atoms with Crippen LogP contribution in [0.1, 0.15) is 59.3 Å². The maximum atomic E-state index is 12.9. The Bertz CT molecular complexity index is 454. The number of hydrogen-bond acceptors (Lipinski definition) is 3. The lowest BCUT2D eigenvalue weighted by atomic mass is 10.0. The van der Waals surface area contributed by atoms with Crippen molar-refractivity contribution in [1.29, 1.82) is 0 Å². The minimum Gasteiger partial charge on any atom is -0.370 e. The Kier molecular flexibility index (Phi) is 4.60. The Morgan fingerprint density at radius 2 is 2.18 bits per heavy atom. The number of allylic oxidation sites excluding steroid dienone is 2. The topological polar surface area (TPSA) is 32.8 Å². The predicted octanol–water partition coefficient (Wildman–Crippen LogP) is 2.93. The van der Waals surface area contributed by atoms with Gasteiger partial charge in [0.1, 0.15) is 0 Å². The third-order valence-corrected chi connectivity index (χ3v) is 4.76. The summed E-state index contributed by atoms with van der Waals surface area (Å²) in [6.07, 6.45) is 9.55. The summed E-state index contributed by atoms with van der Waals surface area (Å²) in [6, 6.07) is 0.475. The van der Waals surface area contributed by atoms with E-state index in [9.17, 15) is 4.79 Å². The molecule has 0 spiro atoms. The summed E-state index contributed by atoms with van der Waals surface area (Å²) in [7, 11) is 0. The van der Waals surface area contributed by atoms with E-state index in [4.69, 9.17) is 4.74 Å². The van der Waals surface area contributed by atoms with Crippen molar-refractivity contribution in [2.45, 2.75) is 77.0 Å². The molecule has 1 heterocycles. The van der Waals surface area contributed by atoms with Crippen LogP contribution in [0.5, 0.6) is 0 Å². The highest BCUT2D eigenvalue weighted by Gasteiger charge is 2.37. The molecular weight excluding hydrogens is 276 g/mol.